The van der Waals surface area contributed by atoms with Crippen LogP contribution in [0.15, 0.2) is 65.8 Å². The second-order valence-electron chi connectivity index (χ2n) is 8.73. The number of esters is 1. The zero-order valence-corrected chi connectivity index (χ0v) is 21.1. The van der Waals surface area contributed by atoms with Crippen LogP contribution in [0, 0.1) is 0 Å². The fourth-order valence-corrected chi connectivity index (χ4v) is 7.86. The van der Waals surface area contributed by atoms with Crippen molar-refractivity contribution < 1.29 is 24.2 Å². The van der Waals surface area contributed by atoms with E-state index in [0.717, 1.165) is 0 Å². The van der Waals surface area contributed by atoms with E-state index >= 15 is 0 Å². The third kappa shape index (κ3) is 3.66. The lowest BCUT2D eigenvalue weighted by Crippen LogP contribution is -2.57. The van der Waals surface area contributed by atoms with Gasteiger partial charge in [0.1, 0.15) is 6.04 Å². The molecule has 0 spiro atoms. The maximum atomic E-state index is 13.6. The minimum absolute atomic E-state index is 0.150. The van der Waals surface area contributed by atoms with Gasteiger partial charge in [-0.05, 0) is 28.5 Å². The number of carboxylic acid groups (broad SMARTS) is 1. The third-order valence-electron chi connectivity index (χ3n) is 6.55. The van der Waals surface area contributed by atoms with Gasteiger partial charge in [0.15, 0.2) is 0 Å². The van der Waals surface area contributed by atoms with Gasteiger partial charge >= 0.3 is 11.9 Å². The molecule has 1 N–H and O–H groups in total. The van der Waals surface area contributed by atoms with Gasteiger partial charge in [-0.25, -0.2) is 9.59 Å². The first-order valence-electron chi connectivity index (χ1n) is 11.2. The van der Waals surface area contributed by atoms with Gasteiger partial charge in [-0.15, -0.1) is 16.9 Å². The summed E-state index contributed by atoms with van der Waals surface area (Å²) >= 11 is 2.72. The molecule has 5 rings (SSSR count). The summed E-state index contributed by atoms with van der Waals surface area (Å²) in [6.45, 7) is 1.84. The number of carbonyl (C=O) groups excluding carboxylic acids is 2. The van der Waals surface area contributed by atoms with Crippen molar-refractivity contribution in [2.75, 3.05) is 12.9 Å². The summed E-state index contributed by atoms with van der Waals surface area (Å²) in [5.41, 5.74) is -0.300. The first-order chi connectivity index (χ1) is 17.3. The van der Waals surface area contributed by atoms with Gasteiger partial charge in [0.05, 0.1) is 23.7 Å². The summed E-state index contributed by atoms with van der Waals surface area (Å²) in [6.07, 6.45) is 0.333. The Labute approximate surface area is 215 Å². The van der Waals surface area contributed by atoms with Crippen molar-refractivity contribution in [3.8, 4) is 0 Å². The number of thioether (sulfide) groups is 2. The monoisotopic (exact) mass is 525 g/mol. The number of methoxy groups -OCH3 is 1. The molecule has 2 aliphatic heterocycles. The van der Waals surface area contributed by atoms with Crippen LogP contribution in [0.4, 0.5) is 0 Å². The number of hydrogen-bond acceptors (Lipinski definition) is 9. The fourth-order valence-electron chi connectivity index (χ4n) is 4.90. The zero-order chi connectivity index (χ0) is 25.5. The summed E-state index contributed by atoms with van der Waals surface area (Å²) in [4.78, 5) is 39.3. The van der Waals surface area contributed by atoms with Crippen molar-refractivity contribution >= 4 is 41.4 Å². The molecule has 3 aromatic rings. The highest BCUT2D eigenvalue weighted by atomic mass is 32.2. The normalized spacial score (nSPS) is 23.2. The van der Waals surface area contributed by atoms with Gasteiger partial charge in [0, 0.05) is 5.75 Å². The molecular weight excluding hydrogens is 502 g/mol. The number of nitrogens with zero attached hydrogens (tertiary/aromatic N) is 5. The maximum Gasteiger partial charge on any atom is 0.343 e. The Morgan fingerprint density at radius 2 is 1.78 bits per heavy atom. The van der Waals surface area contributed by atoms with Crippen molar-refractivity contribution in [2.24, 2.45) is 0 Å². The number of ether oxygens (including phenoxy) is 1. The molecule has 0 aliphatic carbocycles. The largest absolute Gasteiger partial charge is 0.480 e. The topological polar surface area (TPSA) is 128 Å². The number of aliphatic carboxylic acids is 1. The Morgan fingerprint density at radius 1 is 1.17 bits per heavy atom. The van der Waals surface area contributed by atoms with Crippen molar-refractivity contribution in [3.63, 3.8) is 0 Å². The molecule has 186 valence electrons. The number of β-lactam (4-membered cyclic amide) rings is 1. The minimum atomic E-state index is -1.52. The number of rotatable bonds is 8. The van der Waals surface area contributed by atoms with Gasteiger partial charge in [-0.1, -0.05) is 72.4 Å². The summed E-state index contributed by atoms with van der Waals surface area (Å²) in [6, 6.07) is 17.3. The highest BCUT2D eigenvalue weighted by molar-refractivity contribution is 8.04. The molecule has 0 unspecified atom stereocenters. The van der Waals surface area contributed by atoms with Crippen LogP contribution in [-0.2, 0) is 24.7 Å². The average molecular weight is 526 g/mol. The van der Waals surface area contributed by atoms with Crippen molar-refractivity contribution in [3.05, 3.63) is 71.8 Å². The highest BCUT2D eigenvalue weighted by Crippen LogP contribution is 2.52. The quantitative estimate of drug-likeness (QED) is 0.266. The molecule has 0 bridgehead atoms. The number of hydrogen-bond donors (Lipinski definition) is 1. The van der Waals surface area contributed by atoms with Crippen LogP contribution in [0.2, 0.25) is 0 Å². The van der Waals surface area contributed by atoms with Crippen molar-refractivity contribution in [1.82, 2.24) is 25.1 Å². The lowest BCUT2D eigenvalue weighted by Gasteiger charge is -2.37. The van der Waals surface area contributed by atoms with Crippen LogP contribution in [0.1, 0.15) is 24.5 Å². The van der Waals surface area contributed by atoms with E-state index in [-0.39, 0.29) is 11.3 Å². The van der Waals surface area contributed by atoms with E-state index in [1.54, 1.807) is 0 Å². The number of amides is 1. The van der Waals surface area contributed by atoms with E-state index in [4.69, 9.17) is 4.74 Å². The molecule has 3 heterocycles. The van der Waals surface area contributed by atoms with E-state index in [2.05, 4.69) is 15.5 Å². The van der Waals surface area contributed by atoms with E-state index in [1.165, 1.54) is 40.2 Å². The van der Waals surface area contributed by atoms with E-state index in [0.29, 0.717) is 28.5 Å². The SMILES string of the molecule is COC(=O)C(c1ccccc1)(c1ccccc1)n1nnnc1SC[C@]1(C)S[C@H]2CC(=O)N2[C@H]1C(=O)O. The minimum Gasteiger partial charge on any atom is -0.480 e. The first kappa shape index (κ1) is 24.3. The van der Waals surface area contributed by atoms with Gasteiger partial charge in [0.2, 0.25) is 16.6 Å². The average Bonchev–Trinajstić information content (AvgIpc) is 3.45. The molecular formula is C24H23N5O5S2. The lowest BCUT2D eigenvalue weighted by molar-refractivity contribution is -0.157. The van der Waals surface area contributed by atoms with Crippen LogP contribution in [-0.4, -0.2) is 77.1 Å². The molecule has 12 heteroatoms. The van der Waals surface area contributed by atoms with Gasteiger partial charge in [-0.3, -0.25) is 4.79 Å². The lowest BCUT2D eigenvalue weighted by atomic mass is 9.83. The number of fused-ring (bicyclic) bond motifs is 1. The predicted molar refractivity (Wildman–Crippen MR) is 132 cm³/mol. The van der Waals surface area contributed by atoms with Crippen LogP contribution < -0.4 is 0 Å². The standard InChI is InChI=1S/C24H23N5O5S2/c1-23(19(20(31)32)28-17(30)13-18(28)36-23)14-35-22-25-26-27-29(22)24(21(33)34-2,15-9-5-3-6-10-15)16-11-7-4-8-12-16/h3-12,18-19H,13-14H2,1-2H3,(H,31,32)/t18-,19-,23-/m0/s1. The first-order valence-corrected chi connectivity index (χ1v) is 13.0. The molecule has 3 atom stereocenters. The molecule has 0 radical (unpaired) electrons. The van der Waals surface area contributed by atoms with E-state index < -0.39 is 28.3 Å². The van der Waals surface area contributed by atoms with Gasteiger partial charge < -0.3 is 14.7 Å². The zero-order valence-electron chi connectivity index (χ0n) is 19.5. The number of tetrazole rings is 1. The Balaban J connectivity index is 1.57. The van der Waals surface area contributed by atoms with Crippen LogP contribution in [0.3, 0.4) is 0 Å². The molecule has 1 aromatic heterocycles. The number of carboxylic acids is 1. The maximum absolute atomic E-state index is 13.6. The molecule has 1 amide bonds. The fraction of sp³-hybridized carbons (Fsp3) is 0.333. The van der Waals surface area contributed by atoms with Crippen LogP contribution in [0.25, 0.3) is 0 Å². The summed E-state index contributed by atoms with van der Waals surface area (Å²) < 4.78 is 5.96. The van der Waals surface area contributed by atoms with Gasteiger partial charge in [-0.2, -0.15) is 4.68 Å². The molecule has 10 nitrogen and oxygen atoms in total. The number of benzene rings is 2. The molecule has 2 aliphatic rings. The predicted octanol–water partition coefficient (Wildman–Crippen LogP) is 2.25. The number of carbonyl (C=O) groups is 3. The second-order valence-corrected chi connectivity index (χ2v) is 11.4. The van der Waals surface area contributed by atoms with Gasteiger partial charge in [0.25, 0.3) is 0 Å². The Bertz CT molecular complexity index is 1260. The van der Waals surface area contributed by atoms with Crippen LogP contribution >= 0.6 is 23.5 Å². The summed E-state index contributed by atoms with van der Waals surface area (Å²) in [5.74, 6) is -1.47. The molecule has 36 heavy (non-hydrogen) atoms. The van der Waals surface area contributed by atoms with Crippen molar-refractivity contribution in [1.29, 1.82) is 0 Å². The molecule has 2 saturated heterocycles. The highest BCUT2D eigenvalue weighted by Gasteiger charge is 2.60. The molecule has 2 aromatic carbocycles. The third-order valence-corrected chi connectivity index (χ3v) is 9.57. The van der Waals surface area contributed by atoms with Crippen LogP contribution in [0.5, 0.6) is 0 Å². The molecule has 2 fully saturated rings. The Hall–Kier alpha value is -3.38. The Morgan fingerprint density at radius 3 is 2.31 bits per heavy atom. The Kier molecular flexibility index (Phi) is 6.25. The van der Waals surface area contributed by atoms with E-state index in [9.17, 15) is 19.5 Å². The summed E-state index contributed by atoms with van der Waals surface area (Å²) in [5, 5.41) is 22.4. The smallest absolute Gasteiger partial charge is 0.343 e. The van der Waals surface area contributed by atoms with Crippen molar-refractivity contribution in [2.45, 2.75) is 40.2 Å². The summed E-state index contributed by atoms with van der Waals surface area (Å²) in [7, 11) is 1.31. The molecule has 0 saturated carbocycles. The number of aromatic nitrogens is 4. The van der Waals surface area contributed by atoms with E-state index in [1.807, 2.05) is 67.6 Å². The second kappa shape index (κ2) is 9.25.